The van der Waals surface area contributed by atoms with Crippen LogP contribution < -0.4 is 0 Å². The molecule has 0 saturated carbocycles. The zero-order valence-corrected chi connectivity index (χ0v) is 7.51. The molecule has 1 atom stereocenters. The van der Waals surface area contributed by atoms with Crippen molar-refractivity contribution in [2.75, 3.05) is 13.7 Å². The van der Waals surface area contributed by atoms with Crippen LogP contribution in [0.25, 0.3) is 0 Å². The summed E-state index contributed by atoms with van der Waals surface area (Å²) in [6.45, 7) is 3.81. The Kier molecular flexibility index (Phi) is 2.19. The van der Waals surface area contributed by atoms with Gasteiger partial charge in [-0.2, -0.15) is 0 Å². The van der Waals surface area contributed by atoms with Gasteiger partial charge in [0.15, 0.2) is 0 Å². The van der Waals surface area contributed by atoms with E-state index in [0.29, 0.717) is 5.71 Å². The third-order valence-corrected chi connectivity index (χ3v) is 2.09. The third-order valence-electron chi connectivity index (χ3n) is 2.09. The first kappa shape index (κ1) is 9.19. The van der Waals surface area contributed by atoms with E-state index in [1.807, 2.05) is 0 Å². The molecule has 0 radical (unpaired) electrons. The Bertz CT molecular complexity index is 222. The molecule has 1 rings (SSSR count). The predicted molar refractivity (Wildman–Crippen MR) is 43.3 cm³/mol. The lowest BCUT2D eigenvalue weighted by Gasteiger charge is -2.16. The highest BCUT2D eigenvalue weighted by Gasteiger charge is 2.42. The molecule has 0 aliphatic carbocycles. The maximum absolute atomic E-state index is 11.1. The molecule has 1 saturated heterocycles. The predicted octanol–water partition coefficient (Wildman–Crippen LogP) is 0.604. The summed E-state index contributed by atoms with van der Waals surface area (Å²) in [7, 11) is 1.32. The smallest absolute Gasteiger partial charge is 0.316 e. The normalized spacial score (nSPS) is 27.2. The SMILES string of the molecule is COC(=O)C1COC(C)(C)C1=N. The molecule has 1 N–H and O–H groups in total. The van der Waals surface area contributed by atoms with Crippen molar-refractivity contribution in [1.82, 2.24) is 0 Å². The van der Waals surface area contributed by atoms with Gasteiger partial charge in [-0.25, -0.2) is 0 Å². The van der Waals surface area contributed by atoms with Gasteiger partial charge in [0.25, 0.3) is 0 Å². The lowest BCUT2D eigenvalue weighted by Crippen LogP contribution is -2.32. The lowest BCUT2D eigenvalue weighted by molar-refractivity contribution is -0.143. The number of rotatable bonds is 1. The monoisotopic (exact) mass is 171 g/mol. The summed E-state index contributed by atoms with van der Waals surface area (Å²) in [5.41, 5.74) is -0.312. The molecular formula is C8H13NO3. The van der Waals surface area contributed by atoms with E-state index in [1.165, 1.54) is 7.11 Å². The van der Waals surface area contributed by atoms with Crippen LogP contribution in [-0.2, 0) is 14.3 Å². The van der Waals surface area contributed by atoms with Gasteiger partial charge in [0.2, 0.25) is 0 Å². The molecule has 68 valence electrons. The first-order valence-electron chi connectivity index (χ1n) is 3.79. The molecular weight excluding hydrogens is 158 g/mol. The third kappa shape index (κ3) is 1.34. The van der Waals surface area contributed by atoms with Crippen LogP contribution in [0, 0.1) is 11.3 Å². The van der Waals surface area contributed by atoms with E-state index in [0.717, 1.165) is 0 Å². The highest BCUT2D eigenvalue weighted by atomic mass is 16.5. The molecule has 12 heavy (non-hydrogen) atoms. The minimum atomic E-state index is -0.612. The molecule has 1 aliphatic heterocycles. The van der Waals surface area contributed by atoms with Gasteiger partial charge in [0, 0.05) is 0 Å². The summed E-state index contributed by atoms with van der Waals surface area (Å²) in [6, 6.07) is 0. The molecule has 0 bridgehead atoms. The number of hydrogen-bond donors (Lipinski definition) is 1. The van der Waals surface area contributed by atoms with Gasteiger partial charge in [-0.3, -0.25) is 4.79 Å². The van der Waals surface area contributed by atoms with Crippen LogP contribution in [-0.4, -0.2) is 31.0 Å². The van der Waals surface area contributed by atoms with Crippen LogP contribution in [0.1, 0.15) is 13.8 Å². The zero-order valence-electron chi connectivity index (χ0n) is 7.51. The van der Waals surface area contributed by atoms with E-state index in [-0.39, 0.29) is 12.6 Å². The van der Waals surface area contributed by atoms with Gasteiger partial charge in [0.1, 0.15) is 11.5 Å². The van der Waals surface area contributed by atoms with Gasteiger partial charge in [-0.1, -0.05) is 0 Å². The van der Waals surface area contributed by atoms with E-state index in [9.17, 15) is 4.79 Å². The van der Waals surface area contributed by atoms with Crippen molar-refractivity contribution >= 4 is 11.7 Å². The van der Waals surface area contributed by atoms with E-state index in [1.54, 1.807) is 13.8 Å². The summed E-state index contributed by atoms with van der Waals surface area (Å²) in [5.74, 6) is -0.893. The summed E-state index contributed by atoms with van der Waals surface area (Å²) in [6.07, 6.45) is 0. The molecule has 4 heteroatoms. The molecule has 1 unspecified atom stereocenters. The van der Waals surface area contributed by atoms with Crippen molar-refractivity contribution in [2.45, 2.75) is 19.4 Å². The molecule has 0 aromatic heterocycles. The van der Waals surface area contributed by atoms with Crippen molar-refractivity contribution in [3.05, 3.63) is 0 Å². The molecule has 1 fully saturated rings. The lowest BCUT2D eigenvalue weighted by atomic mass is 9.95. The molecule has 4 nitrogen and oxygen atoms in total. The van der Waals surface area contributed by atoms with Gasteiger partial charge >= 0.3 is 5.97 Å². The number of methoxy groups -OCH3 is 1. The van der Waals surface area contributed by atoms with Crippen LogP contribution in [0.15, 0.2) is 0 Å². The summed E-state index contributed by atoms with van der Waals surface area (Å²) in [4.78, 5) is 11.1. The Balaban J connectivity index is 2.74. The highest BCUT2D eigenvalue weighted by molar-refractivity contribution is 6.06. The summed E-state index contributed by atoms with van der Waals surface area (Å²) >= 11 is 0. The molecule has 0 aromatic carbocycles. The fourth-order valence-corrected chi connectivity index (χ4v) is 1.20. The van der Waals surface area contributed by atoms with Crippen LogP contribution >= 0.6 is 0 Å². The number of hydrogen-bond acceptors (Lipinski definition) is 4. The van der Waals surface area contributed by atoms with Gasteiger partial charge in [-0.05, 0) is 13.8 Å². The van der Waals surface area contributed by atoms with Crippen molar-refractivity contribution in [3.8, 4) is 0 Å². The average molecular weight is 171 g/mol. The van der Waals surface area contributed by atoms with Crippen LogP contribution in [0.5, 0.6) is 0 Å². The van der Waals surface area contributed by atoms with E-state index >= 15 is 0 Å². The first-order valence-corrected chi connectivity index (χ1v) is 3.79. The minimum absolute atomic E-state index is 0.262. The maximum Gasteiger partial charge on any atom is 0.316 e. The maximum atomic E-state index is 11.1. The Morgan fingerprint density at radius 1 is 1.75 bits per heavy atom. The van der Waals surface area contributed by atoms with Crippen LogP contribution in [0.3, 0.4) is 0 Å². The van der Waals surface area contributed by atoms with E-state index in [4.69, 9.17) is 10.1 Å². The second-order valence-electron chi connectivity index (χ2n) is 3.31. The van der Waals surface area contributed by atoms with E-state index < -0.39 is 11.5 Å². The second-order valence-corrected chi connectivity index (χ2v) is 3.31. The fourth-order valence-electron chi connectivity index (χ4n) is 1.20. The number of carbonyl (C=O) groups excluding carboxylic acids is 1. The first-order chi connectivity index (χ1) is 5.49. The average Bonchev–Trinajstić information content (AvgIpc) is 2.27. The Morgan fingerprint density at radius 2 is 2.33 bits per heavy atom. The van der Waals surface area contributed by atoms with E-state index in [2.05, 4.69) is 4.74 Å². The fraction of sp³-hybridized carbons (Fsp3) is 0.750. The standard InChI is InChI=1S/C8H13NO3/c1-8(2)6(9)5(4-12-8)7(10)11-3/h5,9H,4H2,1-3H3. The number of nitrogens with one attached hydrogen (secondary N) is 1. The topological polar surface area (TPSA) is 59.4 Å². The Hall–Kier alpha value is -0.900. The molecule has 0 spiro atoms. The second kappa shape index (κ2) is 2.86. The van der Waals surface area contributed by atoms with Crippen LogP contribution in [0.4, 0.5) is 0 Å². The van der Waals surface area contributed by atoms with Crippen molar-refractivity contribution < 1.29 is 14.3 Å². The number of ether oxygens (including phenoxy) is 2. The summed E-state index contributed by atoms with van der Waals surface area (Å²) < 4.78 is 9.80. The van der Waals surface area contributed by atoms with Crippen LogP contribution in [0.2, 0.25) is 0 Å². The van der Waals surface area contributed by atoms with Crippen molar-refractivity contribution in [2.24, 2.45) is 5.92 Å². The number of esters is 1. The molecule has 1 heterocycles. The van der Waals surface area contributed by atoms with Gasteiger partial charge in [-0.15, -0.1) is 0 Å². The minimum Gasteiger partial charge on any atom is -0.468 e. The molecule has 0 aromatic rings. The van der Waals surface area contributed by atoms with Gasteiger partial charge in [0.05, 0.1) is 19.4 Å². The Labute approximate surface area is 71.4 Å². The summed E-state index contributed by atoms with van der Waals surface area (Å²) in [5, 5.41) is 7.62. The largest absolute Gasteiger partial charge is 0.468 e. The quantitative estimate of drug-likeness (QED) is 0.588. The highest BCUT2D eigenvalue weighted by Crippen LogP contribution is 2.26. The zero-order chi connectivity index (χ0) is 9.35. The molecule has 0 amide bonds. The van der Waals surface area contributed by atoms with Gasteiger partial charge < -0.3 is 14.9 Å². The van der Waals surface area contributed by atoms with Crippen molar-refractivity contribution in [3.63, 3.8) is 0 Å². The number of carbonyl (C=O) groups is 1. The molecule has 1 aliphatic rings. The Morgan fingerprint density at radius 3 is 2.67 bits per heavy atom. The van der Waals surface area contributed by atoms with Crippen molar-refractivity contribution in [1.29, 1.82) is 5.41 Å².